The highest BCUT2D eigenvalue weighted by Gasteiger charge is 2.22. The van der Waals surface area contributed by atoms with Gasteiger partial charge in [0.05, 0.1) is 5.56 Å². The highest BCUT2D eigenvalue weighted by Crippen LogP contribution is 2.33. The van der Waals surface area contributed by atoms with E-state index in [1.807, 2.05) is 20.8 Å². The van der Waals surface area contributed by atoms with Gasteiger partial charge in [-0.2, -0.15) is 0 Å². The molecule has 0 spiro atoms. The topological polar surface area (TPSA) is 95.5 Å². The Hall–Kier alpha value is -2.67. The number of benzene rings is 1. The molecule has 0 aliphatic rings. The molecule has 0 saturated carbocycles. The molecule has 0 fully saturated rings. The van der Waals surface area contributed by atoms with Crippen molar-refractivity contribution in [2.24, 2.45) is 0 Å². The van der Waals surface area contributed by atoms with Crippen LogP contribution in [0.15, 0.2) is 24.3 Å². The molecular weight excluding hydrogens is 352 g/mol. The van der Waals surface area contributed by atoms with Crippen molar-refractivity contribution in [2.45, 2.75) is 33.6 Å². The Morgan fingerprint density at radius 1 is 1.12 bits per heavy atom. The molecule has 0 aliphatic carbocycles. The van der Waals surface area contributed by atoms with Gasteiger partial charge in [0, 0.05) is 22.5 Å². The van der Waals surface area contributed by atoms with E-state index in [2.05, 4.69) is 10.6 Å². The van der Waals surface area contributed by atoms with Crippen LogP contribution in [0.3, 0.4) is 0 Å². The molecule has 0 unspecified atom stereocenters. The molecule has 3 N–H and O–H groups in total. The fourth-order valence-corrected chi connectivity index (χ4v) is 3.77. The van der Waals surface area contributed by atoms with E-state index in [0.717, 1.165) is 16.9 Å². The molecule has 1 heterocycles. The Labute approximate surface area is 156 Å². The summed E-state index contributed by atoms with van der Waals surface area (Å²) in [7, 11) is 0. The second-order valence-corrected chi connectivity index (χ2v) is 7.02. The number of anilines is 1. The molecule has 0 atom stereocenters. The fourth-order valence-electron chi connectivity index (χ4n) is 2.64. The number of carboxylic acid groups (broad SMARTS) is 1. The van der Waals surface area contributed by atoms with Crippen LogP contribution < -0.4 is 10.6 Å². The first-order valence-corrected chi connectivity index (χ1v) is 9.25. The lowest BCUT2D eigenvalue weighted by atomic mass is 10.1. The van der Waals surface area contributed by atoms with Crippen molar-refractivity contribution >= 4 is 34.1 Å². The monoisotopic (exact) mass is 374 g/mol. The molecule has 1 aromatic carbocycles. The molecule has 1 aromatic heterocycles. The summed E-state index contributed by atoms with van der Waals surface area (Å²) in [4.78, 5) is 37.1. The lowest BCUT2D eigenvalue weighted by Crippen LogP contribution is -2.24. The second-order valence-electron chi connectivity index (χ2n) is 5.79. The van der Waals surface area contributed by atoms with E-state index in [1.165, 1.54) is 17.4 Å². The number of amides is 2. The SMILES string of the molecule is CCCNC(=O)c1cccc(C(=O)Nc2sc(C)c(CC)c2C(=O)O)c1. The predicted octanol–water partition coefficient (Wildman–Crippen LogP) is 3.71. The second kappa shape index (κ2) is 8.62. The van der Waals surface area contributed by atoms with Crippen molar-refractivity contribution < 1.29 is 19.5 Å². The molecular formula is C19H22N2O4S. The molecule has 6 nitrogen and oxygen atoms in total. The zero-order chi connectivity index (χ0) is 19.3. The molecule has 26 heavy (non-hydrogen) atoms. The Morgan fingerprint density at radius 3 is 2.35 bits per heavy atom. The lowest BCUT2D eigenvalue weighted by molar-refractivity contribution is 0.0697. The number of rotatable bonds is 7. The number of carbonyl (C=O) groups is 3. The molecule has 0 aliphatic heterocycles. The van der Waals surface area contributed by atoms with Gasteiger partial charge in [-0.25, -0.2) is 4.79 Å². The van der Waals surface area contributed by atoms with Crippen molar-refractivity contribution in [2.75, 3.05) is 11.9 Å². The van der Waals surface area contributed by atoms with Crippen LogP contribution in [0, 0.1) is 6.92 Å². The summed E-state index contributed by atoms with van der Waals surface area (Å²) in [6, 6.07) is 6.36. The Morgan fingerprint density at radius 2 is 1.77 bits per heavy atom. The van der Waals surface area contributed by atoms with Crippen molar-refractivity contribution in [3.8, 4) is 0 Å². The van der Waals surface area contributed by atoms with Crippen molar-refractivity contribution in [3.63, 3.8) is 0 Å². The molecule has 0 bridgehead atoms. The van der Waals surface area contributed by atoms with Crippen LogP contribution in [-0.4, -0.2) is 29.4 Å². The first kappa shape index (κ1) is 19.7. The quantitative estimate of drug-likeness (QED) is 0.688. The number of carbonyl (C=O) groups excluding carboxylic acids is 2. The number of nitrogens with one attached hydrogen (secondary N) is 2. The maximum atomic E-state index is 12.6. The van der Waals surface area contributed by atoms with E-state index in [4.69, 9.17) is 0 Å². The highest BCUT2D eigenvalue weighted by atomic mass is 32.1. The fraction of sp³-hybridized carbons (Fsp3) is 0.316. The van der Waals surface area contributed by atoms with Crippen LogP contribution in [0.4, 0.5) is 5.00 Å². The van der Waals surface area contributed by atoms with Crippen LogP contribution in [0.25, 0.3) is 0 Å². The third-order valence-electron chi connectivity index (χ3n) is 3.93. The predicted molar refractivity (Wildman–Crippen MR) is 102 cm³/mol. The smallest absolute Gasteiger partial charge is 0.339 e. The van der Waals surface area contributed by atoms with Gasteiger partial charge in [-0.3, -0.25) is 9.59 Å². The van der Waals surface area contributed by atoms with E-state index < -0.39 is 11.9 Å². The summed E-state index contributed by atoms with van der Waals surface area (Å²) in [6.07, 6.45) is 1.40. The average molecular weight is 374 g/mol. The van der Waals surface area contributed by atoms with E-state index in [9.17, 15) is 19.5 Å². The molecule has 7 heteroatoms. The van der Waals surface area contributed by atoms with Gasteiger partial charge < -0.3 is 15.7 Å². The summed E-state index contributed by atoms with van der Waals surface area (Å²) in [5.74, 6) is -1.75. The van der Waals surface area contributed by atoms with Crippen molar-refractivity contribution in [1.82, 2.24) is 5.32 Å². The Kier molecular flexibility index (Phi) is 6.52. The summed E-state index contributed by atoms with van der Waals surface area (Å²) < 4.78 is 0. The third kappa shape index (κ3) is 4.29. The van der Waals surface area contributed by atoms with E-state index in [-0.39, 0.29) is 11.5 Å². The zero-order valence-electron chi connectivity index (χ0n) is 15.0. The van der Waals surface area contributed by atoms with Gasteiger partial charge in [0.1, 0.15) is 5.00 Å². The number of carboxylic acids is 1. The Balaban J connectivity index is 2.26. The van der Waals surface area contributed by atoms with Crippen LogP contribution in [-0.2, 0) is 6.42 Å². The van der Waals surface area contributed by atoms with Gasteiger partial charge >= 0.3 is 5.97 Å². The summed E-state index contributed by atoms with van der Waals surface area (Å²) in [5.41, 5.74) is 1.56. The maximum Gasteiger partial charge on any atom is 0.339 e. The van der Waals surface area contributed by atoms with Crippen LogP contribution in [0.5, 0.6) is 0 Å². The zero-order valence-corrected chi connectivity index (χ0v) is 15.8. The number of hydrogen-bond acceptors (Lipinski definition) is 4. The highest BCUT2D eigenvalue weighted by molar-refractivity contribution is 7.16. The lowest BCUT2D eigenvalue weighted by Gasteiger charge is -2.07. The first-order chi connectivity index (χ1) is 12.4. The van der Waals surface area contributed by atoms with Crippen LogP contribution in [0.2, 0.25) is 0 Å². The summed E-state index contributed by atoms with van der Waals surface area (Å²) in [5, 5.41) is 15.2. The number of aromatic carboxylic acids is 1. The molecule has 2 amide bonds. The summed E-state index contributed by atoms with van der Waals surface area (Å²) in [6.45, 7) is 6.24. The molecule has 0 radical (unpaired) electrons. The minimum absolute atomic E-state index is 0.139. The van der Waals surface area contributed by atoms with Gasteiger partial charge in [-0.05, 0) is 43.5 Å². The summed E-state index contributed by atoms with van der Waals surface area (Å²) >= 11 is 1.25. The minimum atomic E-state index is -1.06. The number of thiophene rings is 1. The van der Waals surface area contributed by atoms with E-state index in [1.54, 1.807) is 18.2 Å². The van der Waals surface area contributed by atoms with Gasteiger partial charge in [-0.1, -0.05) is 19.9 Å². The largest absolute Gasteiger partial charge is 0.478 e. The average Bonchev–Trinajstić information content (AvgIpc) is 2.94. The van der Waals surface area contributed by atoms with Gasteiger partial charge in [0.25, 0.3) is 11.8 Å². The normalized spacial score (nSPS) is 10.4. The maximum absolute atomic E-state index is 12.6. The third-order valence-corrected chi connectivity index (χ3v) is 4.99. The minimum Gasteiger partial charge on any atom is -0.478 e. The van der Waals surface area contributed by atoms with E-state index in [0.29, 0.717) is 29.1 Å². The molecule has 0 saturated heterocycles. The first-order valence-electron chi connectivity index (χ1n) is 8.44. The van der Waals surface area contributed by atoms with Gasteiger partial charge in [0.15, 0.2) is 0 Å². The van der Waals surface area contributed by atoms with E-state index >= 15 is 0 Å². The standard InChI is InChI=1S/C19H22N2O4S/c1-4-9-20-16(22)12-7-6-8-13(10-12)17(23)21-18-15(19(24)25)14(5-2)11(3)26-18/h6-8,10H,4-5,9H2,1-3H3,(H,20,22)(H,21,23)(H,24,25). The van der Waals surface area contributed by atoms with Gasteiger partial charge in [-0.15, -0.1) is 11.3 Å². The van der Waals surface area contributed by atoms with Crippen LogP contribution >= 0.6 is 11.3 Å². The molecule has 2 rings (SSSR count). The van der Waals surface area contributed by atoms with Crippen molar-refractivity contribution in [1.29, 1.82) is 0 Å². The molecule has 2 aromatic rings. The van der Waals surface area contributed by atoms with Gasteiger partial charge in [0.2, 0.25) is 0 Å². The number of hydrogen-bond donors (Lipinski definition) is 3. The molecule has 138 valence electrons. The van der Waals surface area contributed by atoms with Crippen molar-refractivity contribution in [3.05, 3.63) is 51.4 Å². The number of aryl methyl sites for hydroxylation is 1. The van der Waals surface area contributed by atoms with Crippen LogP contribution in [0.1, 0.15) is 61.8 Å². The Bertz CT molecular complexity index is 842.